The van der Waals surface area contributed by atoms with Crippen molar-refractivity contribution < 1.29 is 29.3 Å². The number of aliphatic hydroxyl groups is 1. The lowest BCUT2D eigenvalue weighted by Gasteiger charge is -2.39. The largest absolute Gasteiger partial charge is 0.465 e. The molecule has 1 saturated heterocycles. The standard InChI is InChI=1S/C13H21N3O6/c1-3-6-22-13(21)14(2)8-11(18)16-5-4-15(12(19)20)7-10(16)9-17/h3,10,17H,1,4-9H2,2H3,(H,19,20)/t10-/m1/s1. The van der Waals surface area contributed by atoms with Gasteiger partial charge in [-0.15, -0.1) is 0 Å². The monoisotopic (exact) mass is 315 g/mol. The van der Waals surface area contributed by atoms with E-state index in [1.54, 1.807) is 0 Å². The van der Waals surface area contributed by atoms with Gasteiger partial charge < -0.3 is 29.6 Å². The second kappa shape index (κ2) is 8.23. The number of likely N-dealkylation sites (N-methyl/N-ethyl adjacent to an activating group) is 1. The van der Waals surface area contributed by atoms with Crippen molar-refractivity contribution in [2.24, 2.45) is 0 Å². The van der Waals surface area contributed by atoms with E-state index in [9.17, 15) is 19.5 Å². The van der Waals surface area contributed by atoms with Gasteiger partial charge in [0.05, 0.1) is 12.6 Å². The Kier molecular flexibility index (Phi) is 6.64. The lowest BCUT2D eigenvalue weighted by atomic mass is 10.2. The van der Waals surface area contributed by atoms with Crippen LogP contribution in [0.15, 0.2) is 12.7 Å². The van der Waals surface area contributed by atoms with E-state index in [2.05, 4.69) is 6.58 Å². The van der Waals surface area contributed by atoms with E-state index >= 15 is 0 Å². The summed E-state index contributed by atoms with van der Waals surface area (Å²) in [7, 11) is 1.42. The van der Waals surface area contributed by atoms with Crippen LogP contribution in [0.3, 0.4) is 0 Å². The maximum absolute atomic E-state index is 12.2. The molecule has 0 aromatic carbocycles. The fourth-order valence-electron chi connectivity index (χ4n) is 2.11. The third-order valence-electron chi connectivity index (χ3n) is 3.29. The van der Waals surface area contributed by atoms with Gasteiger partial charge in [0.1, 0.15) is 13.2 Å². The van der Waals surface area contributed by atoms with E-state index in [0.717, 1.165) is 9.80 Å². The molecule has 0 saturated carbocycles. The van der Waals surface area contributed by atoms with Crippen LogP contribution in [0.2, 0.25) is 0 Å². The minimum Gasteiger partial charge on any atom is -0.465 e. The smallest absolute Gasteiger partial charge is 0.410 e. The molecule has 0 aliphatic carbocycles. The molecule has 0 unspecified atom stereocenters. The van der Waals surface area contributed by atoms with Crippen molar-refractivity contribution in [1.82, 2.24) is 14.7 Å². The van der Waals surface area contributed by atoms with Gasteiger partial charge in [-0.1, -0.05) is 12.7 Å². The van der Waals surface area contributed by atoms with Gasteiger partial charge in [0.25, 0.3) is 0 Å². The van der Waals surface area contributed by atoms with Crippen LogP contribution in [0.5, 0.6) is 0 Å². The highest BCUT2D eigenvalue weighted by atomic mass is 16.6. The van der Waals surface area contributed by atoms with Crippen LogP contribution in [-0.4, -0.2) is 95.5 Å². The zero-order valence-corrected chi connectivity index (χ0v) is 12.5. The molecule has 1 fully saturated rings. The lowest BCUT2D eigenvalue weighted by Crippen LogP contribution is -2.59. The molecule has 0 aromatic heterocycles. The zero-order chi connectivity index (χ0) is 16.7. The lowest BCUT2D eigenvalue weighted by molar-refractivity contribution is -0.137. The topological polar surface area (TPSA) is 111 Å². The van der Waals surface area contributed by atoms with Crippen LogP contribution in [0.4, 0.5) is 9.59 Å². The average molecular weight is 315 g/mol. The van der Waals surface area contributed by atoms with Crippen LogP contribution < -0.4 is 0 Å². The van der Waals surface area contributed by atoms with E-state index in [1.807, 2.05) is 0 Å². The summed E-state index contributed by atoms with van der Waals surface area (Å²) in [5.41, 5.74) is 0. The van der Waals surface area contributed by atoms with Crippen LogP contribution >= 0.6 is 0 Å². The number of carboxylic acid groups (broad SMARTS) is 1. The molecule has 0 spiro atoms. The molecular weight excluding hydrogens is 294 g/mol. The Morgan fingerprint density at radius 3 is 2.64 bits per heavy atom. The van der Waals surface area contributed by atoms with Gasteiger partial charge >= 0.3 is 12.2 Å². The Bertz CT molecular complexity index is 441. The highest BCUT2D eigenvalue weighted by molar-refractivity contribution is 5.82. The normalized spacial score (nSPS) is 17.8. The predicted octanol–water partition coefficient (Wildman–Crippen LogP) is -0.576. The van der Waals surface area contributed by atoms with Gasteiger partial charge in [-0.05, 0) is 0 Å². The number of rotatable bonds is 5. The van der Waals surface area contributed by atoms with Crippen molar-refractivity contribution in [2.45, 2.75) is 6.04 Å². The summed E-state index contributed by atoms with van der Waals surface area (Å²) in [6.45, 7) is 3.30. The number of carbonyl (C=O) groups is 3. The first kappa shape index (κ1) is 17.8. The first-order valence-corrected chi connectivity index (χ1v) is 6.77. The SMILES string of the molecule is C=CCOC(=O)N(C)CC(=O)N1CCN(C(=O)O)C[C@@H]1CO. The molecule has 9 heteroatoms. The van der Waals surface area contributed by atoms with Gasteiger partial charge in [0.2, 0.25) is 5.91 Å². The number of piperazine rings is 1. The molecular formula is C13H21N3O6. The molecule has 1 aliphatic rings. The first-order chi connectivity index (χ1) is 10.4. The van der Waals surface area contributed by atoms with E-state index in [-0.39, 0.29) is 45.3 Å². The minimum absolute atomic E-state index is 0.0438. The van der Waals surface area contributed by atoms with Crippen molar-refractivity contribution in [3.8, 4) is 0 Å². The molecule has 9 nitrogen and oxygen atoms in total. The Labute approximate surface area is 128 Å². The highest BCUT2D eigenvalue weighted by Gasteiger charge is 2.32. The van der Waals surface area contributed by atoms with Crippen molar-refractivity contribution >= 4 is 18.1 Å². The zero-order valence-electron chi connectivity index (χ0n) is 12.5. The molecule has 1 aliphatic heterocycles. The molecule has 1 heterocycles. The van der Waals surface area contributed by atoms with Crippen molar-refractivity contribution in [2.75, 3.05) is 46.4 Å². The molecule has 0 radical (unpaired) electrons. The summed E-state index contributed by atoms with van der Waals surface area (Å²) < 4.78 is 4.81. The maximum Gasteiger partial charge on any atom is 0.410 e. The summed E-state index contributed by atoms with van der Waals surface area (Å²) in [4.78, 5) is 38.3. The number of ether oxygens (including phenoxy) is 1. The molecule has 3 amide bonds. The third kappa shape index (κ3) is 4.62. The van der Waals surface area contributed by atoms with Crippen LogP contribution in [0, 0.1) is 0 Å². The number of nitrogens with zero attached hydrogens (tertiary/aromatic N) is 3. The van der Waals surface area contributed by atoms with Crippen molar-refractivity contribution in [3.05, 3.63) is 12.7 Å². The second-order valence-electron chi connectivity index (χ2n) is 4.87. The van der Waals surface area contributed by atoms with Crippen molar-refractivity contribution in [3.63, 3.8) is 0 Å². The van der Waals surface area contributed by atoms with Gasteiger partial charge in [0.15, 0.2) is 0 Å². The number of carbonyl (C=O) groups excluding carboxylic acids is 2. The van der Waals surface area contributed by atoms with Gasteiger partial charge in [-0.3, -0.25) is 4.79 Å². The molecule has 124 valence electrons. The Hall–Kier alpha value is -2.29. The quantitative estimate of drug-likeness (QED) is 0.657. The Morgan fingerprint density at radius 1 is 1.41 bits per heavy atom. The third-order valence-corrected chi connectivity index (χ3v) is 3.29. The van der Waals surface area contributed by atoms with Crippen LogP contribution in [0.1, 0.15) is 0 Å². The summed E-state index contributed by atoms with van der Waals surface area (Å²) in [5.74, 6) is -0.373. The highest BCUT2D eigenvalue weighted by Crippen LogP contribution is 2.11. The first-order valence-electron chi connectivity index (χ1n) is 6.77. The van der Waals surface area contributed by atoms with Crippen molar-refractivity contribution in [1.29, 1.82) is 0 Å². The van der Waals surface area contributed by atoms with Crippen LogP contribution in [0.25, 0.3) is 0 Å². The van der Waals surface area contributed by atoms with E-state index in [4.69, 9.17) is 9.84 Å². The van der Waals surface area contributed by atoms with E-state index < -0.39 is 18.2 Å². The fourth-order valence-corrected chi connectivity index (χ4v) is 2.11. The molecule has 1 rings (SSSR count). The molecule has 0 aromatic rings. The predicted molar refractivity (Wildman–Crippen MR) is 76.4 cm³/mol. The van der Waals surface area contributed by atoms with E-state index in [1.165, 1.54) is 18.0 Å². The summed E-state index contributed by atoms with van der Waals surface area (Å²) in [5, 5.41) is 18.3. The fraction of sp³-hybridized carbons (Fsp3) is 0.615. The number of hydrogen-bond donors (Lipinski definition) is 2. The van der Waals surface area contributed by atoms with Crippen LogP contribution in [-0.2, 0) is 9.53 Å². The number of hydrogen-bond acceptors (Lipinski definition) is 5. The minimum atomic E-state index is -1.09. The number of amides is 3. The average Bonchev–Trinajstić information content (AvgIpc) is 2.51. The molecule has 22 heavy (non-hydrogen) atoms. The van der Waals surface area contributed by atoms with Gasteiger partial charge in [0, 0.05) is 26.7 Å². The summed E-state index contributed by atoms with van der Waals surface area (Å²) >= 11 is 0. The molecule has 1 atom stereocenters. The van der Waals surface area contributed by atoms with Gasteiger partial charge in [-0.2, -0.15) is 0 Å². The summed E-state index contributed by atoms with van der Waals surface area (Å²) in [6, 6.07) is -0.616. The molecule has 0 bridgehead atoms. The van der Waals surface area contributed by atoms with E-state index in [0.29, 0.717) is 0 Å². The Balaban J connectivity index is 2.58. The second-order valence-corrected chi connectivity index (χ2v) is 4.87. The maximum atomic E-state index is 12.2. The Morgan fingerprint density at radius 2 is 2.09 bits per heavy atom. The number of aliphatic hydroxyl groups excluding tert-OH is 1. The summed E-state index contributed by atoms with van der Waals surface area (Å²) in [6.07, 6.45) is -0.325. The van der Waals surface area contributed by atoms with Gasteiger partial charge in [-0.25, -0.2) is 9.59 Å². The molecule has 2 N–H and O–H groups in total.